The molecule has 2 aromatic rings. The largest absolute Gasteiger partial charge is 0.448 e. The van der Waals surface area contributed by atoms with Crippen molar-refractivity contribution in [3.63, 3.8) is 0 Å². The third-order valence-electron chi connectivity index (χ3n) is 5.03. The van der Waals surface area contributed by atoms with Gasteiger partial charge in [0.15, 0.2) is 6.10 Å². The van der Waals surface area contributed by atoms with Gasteiger partial charge in [-0.2, -0.15) is 0 Å². The molecule has 1 N–H and O–H groups in total. The van der Waals surface area contributed by atoms with Crippen LogP contribution in [0.25, 0.3) is 10.2 Å². The fourth-order valence-corrected chi connectivity index (χ4v) is 4.65. The van der Waals surface area contributed by atoms with E-state index in [1.807, 2.05) is 0 Å². The first-order valence-corrected chi connectivity index (χ1v) is 9.85. The van der Waals surface area contributed by atoms with Crippen LogP contribution >= 0.6 is 11.3 Å². The molecule has 1 atom stereocenters. The van der Waals surface area contributed by atoms with Gasteiger partial charge in [-0.15, -0.1) is 11.3 Å². The van der Waals surface area contributed by atoms with Crippen molar-refractivity contribution in [1.82, 2.24) is 14.9 Å². The van der Waals surface area contributed by atoms with Gasteiger partial charge in [0.25, 0.3) is 11.5 Å². The molecule has 27 heavy (non-hydrogen) atoms. The van der Waals surface area contributed by atoms with Crippen molar-refractivity contribution in [2.24, 2.45) is 0 Å². The molecule has 142 valence electrons. The van der Waals surface area contributed by atoms with E-state index in [0.717, 1.165) is 42.8 Å². The number of hydrogen-bond donors (Lipinski definition) is 1. The minimum absolute atomic E-state index is 0.120. The van der Waals surface area contributed by atoms with E-state index >= 15 is 0 Å². The summed E-state index contributed by atoms with van der Waals surface area (Å²) < 4.78 is 7.02. The summed E-state index contributed by atoms with van der Waals surface area (Å²) >= 11 is 1.12. The molecule has 4 rings (SSSR count). The second-order valence-corrected chi connectivity index (χ2v) is 7.88. The number of aryl methyl sites for hydroxylation is 2. The molecule has 1 saturated heterocycles. The maximum Gasteiger partial charge on any atom is 0.349 e. The third kappa shape index (κ3) is 3.16. The Labute approximate surface area is 158 Å². The number of rotatable bonds is 2. The molecule has 0 aromatic carbocycles. The van der Waals surface area contributed by atoms with Crippen molar-refractivity contribution in [2.45, 2.75) is 58.1 Å². The summed E-state index contributed by atoms with van der Waals surface area (Å²) in [4.78, 5) is 54.0. The fraction of sp³-hybridized carbons (Fsp3) is 0.500. The van der Waals surface area contributed by atoms with Gasteiger partial charge in [-0.25, -0.2) is 9.78 Å². The van der Waals surface area contributed by atoms with Gasteiger partial charge in [0.1, 0.15) is 15.5 Å². The van der Waals surface area contributed by atoms with E-state index in [2.05, 4.69) is 10.3 Å². The predicted molar refractivity (Wildman–Crippen MR) is 97.8 cm³/mol. The monoisotopic (exact) mass is 389 g/mol. The Morgan fingerprint density at radius 3 is 2.81 bits per heavy atom. The van der Waals surface area contributed by atoms with Gasteiger partial charge in [-0.3, -0.25) is 24.3 Å². The molecule has 2 aliphatic rings. The van der Waals surface area contributed by atoms with Gasteiger partial charge in [0, 0.05) is 25.8 Å². The molecule has 1 unspecified atom stereocenters. The van der Waals surface area contributed by atoms with Crippen LogP contribution in [0.2, 0.25) is 0 Å². The van der Waals surface area contributed by atoms with Gasteiger partial charge in [-0.1, -0.05) is 6.42 Å². The van der Waals surface area contributed by atoms with Crippen LogP contribution in [0, 0.1) is 6.92 Å². The van der Waals surface area contributed by atoms with Gasteiger partial charge >= 0.3 is 5.97 Å². The Morgan fingerprint density at radius 1 is 1.22 bits per heavy atom. The average Bonchev–Trinajstić information content (AvgIpc) is 2.79. The number of nitrogens with zero attached hydrogens (tertiary/aromatic N) is 2. The van der Waals surface area contributed by atoms with Gasteiger partial charge < -0.3 is 4.74 Å². The van der Waals surface area contributed by atoms with E-state index in [0.29, 0.717) is 22.3 Å². The molecule has 0 aliphatic carbocycles. The summed E-state index contributed by atoms with van der Waals surface area (Å²) in [7, 11) is 0. The van der Waals surface area contributed by atoms with E-state index < -0.39 is 18.0 Å². The molecule has 2 aliphatic heterocycles. The number of esters is 1. The SMILES string of the molecule is Cc1c(C(=O)OC2CCC(=O)NC2=O)sc2nc3n(c(=O)c12)CCCCC3. The lowest BCUT2D eigenvalue weighted by molar-refractivity contribution is -0.140. The maximum atomic E-state index is 12.9. The Balaban J connectivity index is 1.68. The van der Waals surface area contributed by atoms with E-state index in [9.17, 15) is 19.2 Å². The summed E-state index contributed by atoms with van der Waals surface area (Å²) in [5, 5.41) is 2.61. The lowest BCUT2D eigenvalue weighted by Crippen LogP contribution is -2.45. The smallest absolute Gasteiger partial charge is 0.349 e. The molecule has 4 heterocycles. The predicted octanol–water partition coefficient (Wildman–Crippen LogP) is 1.45. The van der Waals surface area contributed by atoms with Crippen molar-refractivity contribution in [3.8, 4) is 0 Å². The molecular formula is C18H19N3O5S. The molecule has 2 aromatic heterocycles. The number of nitrogens with one attached hydrogen (secondary N) is 1. The van der Waals surface area contributed by atoms with Crippen LogP contribution in [0.4, 0.5) is 0 Å². The number of thiophene rings is 1. The highest BCUT2D eigenvalue weighted by Crippen LogP contribution is 2.29. The zero-order valence-electron chi connectivity index (χ0n) is 14.9. The summed E-state index contributed by atoms with van der Waals surface area (Å²) in [5.41, 5.74) is 0.412. The Morgan fingerprint density at radius 2 is 2.04 bits per heavy atom. The Hall–Kier alpha value is -2.55. The number of aromatic nitrogens is 2. The molecule has 0 bridgehead atoms. The maximum absolute atomic E-state index is 12.9. The Bertz CT molecular complexity index is 1020. The van der Waals surface area contributed by atoms with Crippen LogP contribution in [0.3, 0.4) is 0 Å². The number of carbonyl (C=O) groups is 3. The molecule has 8 nitrogen and oxygen atoms in total. The second kappa shape index (κ2) is 6.88. The van der Waals surface area contributed by atoms with Gasteiger partial charge in [0.2, 0.25) is 5.91 Å². The first-order valence-electron chi connectivity index (χ1n) is 9.03. The number of piperidine rings is 1. The average molecular weight is 389 g/mol. The number of amides is 2. The van der Waals surface area contributed by atoms with Gasteiger partial charge in [0.05, 0.1) is 5.39 Å². The molecule has 2 amide bonds. The van der Waals surface area contributed by atoms with Crippen LogP contribution in [0.15, 0.2) is 4.79 Å². The summed E-state index contributed by atoms with van der Waals surface area (Å²) in [6.45, 7) is 2.34. The van der Waals surface area contributed by atoms with Crippen LogP contribution in [-0.2, 0) is 27.3 Å². The Kier molecular flexibility index (Phi) is 4.55. The summed E-state index contributed by atoms with van der Waals surface area (Å²) in [6.07, 6.45) is 3.04. The number of imide groups is 1. The van der Waals surface area contributed by atoms with E-state index in [-0.39, 0.29) is 29.2 Å². The van der Waals surface area contributed by atoms with Crippen LogP contribution in [0.1, 0.15) is 53.2 Å². The van der Waals surface area contributed by atoms with E-state index in [4.69, 9.17) is 4.74 Å². The minimum atomic E-state index is -0.995. The lowest BCUT2D eigenvalue weighted by Gasteiger charge is -2.20. The normalized spacial score (nSPS) is 20.1. The molecule has 0 saturated carbocycles. The first-order chi connectivity index (χ1) is 13.0. The molecule has 9 heteroatoms. The number of hydrogen-bond acceptors (Lipinski definition) is 7. The first kappa shape index (κ1) is 17.8. The summed E-state index contributed by atoms with van der Waals surface area (Å²) in [5.74, 6) is -0.881. The zero-order chi connectivity index (χ0) is 19.1. The zero-order valence-corrected chi connectivity index (χ0v) is 15.7. The lowest BCUT2D eigenvalue weighted by atomic mass is 10.1. The number of carbonyl (C=O) groups excluding carboxylic acids is 3. The van der Waals surface area contributed by atoms with Crippen LogP contribution in [0.5, 0.6) is 0 Å². The highest BCUT2D eigenvalue weighted by atomic mass is 32.1. The second-order valence-electron chi connectivity index (χ2n) is 6.88. The van der Waals surface area contributed by atoms with Crippen LogP contribution < -0.4 is 10.9 Å². The summed E-state index contributed by atoms with van der Waals surface area (Å²) in [6, 6.07) is 0. The quantitative estimate of drug-likeness (QED) is 0.615. The van der Waals surface area contributed by atoms with E-state index in [1.54, 1.807) is 11.5 Å². The fourth-order valence-electron chi connectivity index (χ4n) is 3.57. The molecule has 0 radical (unpaired) electrons. The standard InChI is InChI=1S/C18H19N3O5S/c1-9-13-16(19-11-5-3-2-4-8-21(11)17(13)24)27-14(9)18(25)26-10-6-7-12(22)20-15(10)23/h10H,2-8H2,1H3,(H,20,22,23). The van der Waals surface area contributed by atoms with Crippen LogP contribution in [-0.4, -0.2) is 33.4 Å². The minimum Gasteiger partial charge on any atom is -0.448 e. The molecular weight excluding hydrogens is 370 g/mol. The van der Waals surface area contributed by atoms with Crippen molar-refractivity contribution in [3.05, 3.63) is 26.6 Å². The van der Waals surface area contributed by atoms with E-state index in [1.165, 1.54) is 0 Å². The number of fused-ring (bicyclic) bond motifs is 2. The number of ether oxygens (including phenoxy) is 1. The van der Waals surface area contributed by atoms with Gasteiger partial charge in [-0.05, 0) is 25.3 Å². The van der Waals surface area contributed by atoms with Crippen molar-refractivity contribution in [2.75, 3.05) is 0 Å². The van der Waals surface area contributed by atoms with Crippen molar-refractivity contribution < 1.29 is 19.1 Å². The van der Waals surface area contributed by atoms with Crippen molar-refractivity contribution >= 4 is 39.3 Å². The highest BCUT2D eigenvalue weighted by Gasteiger charge is 2.31. The van der Waals surface area contributed by atoms with Crippen molar-refractivity contribution in [1.29, 1.82) is 0 Å². The molecule has 0 spiro atoms. The third-order valence-corrected chi connectivity index (χ3v) is 6.20. The topological polar surface area (TPSA) is 107 Å². The highest BCUT2D eigenvalue weighted by molar-refractivity contribution is 7.20. The molecule has 1 fully saturated rings.